The lowest BCUT2D eigenvalue weighted by molar-refractivity contribution is 0.813. The summed E-state index contributed by atoms with van der Waals surface area (Å²) in [6.07, 6.45) is 1.57. The highest BCUT2D eigenvalue weighted by atomic mass is 35.5. The average molecular weight is 429 g/mol. The van der Waals surface area contributed by atoms with Crippen LogP contribution in [0, 0.1) is 22.7 Å². The van der Waals surface area contributed by atoms with Crippen LogP contribution in [0.1, 0.15) is 11.1 Å². The van der Waals surface area contributed by atoms with E-state index in [1.807, 2.05) is 91.0 Å². The Hall–Kier alpha value is -3.51. The molecule has 146 valence electrons. The van der Waals surface area contributed by atoms with Gasteiger partial charge in [-0.05, 0) is 41.5 Å². The van der Waals surface area contributed by atoms with Gasteiger partial charge in [0, 0.05) is 27.6 Å². The van der Waals surface area contributed by atoms with Crippen LogP contribution in [0.2, 0.25) is 5.02 Å². The minimum absolute atomic E-state index is 0.0455. The highest BCUT2D eigenvalue weighted by Gasteiger charge is 2.08. The van der Waals surface area contributed by atoms with Crippen LogP contribution < -0.4 is 5.32 Å². The fourth-order valence-corrected chi connectivity index (χ4v) is 3.64. The Morgan fingerprint density at radius 2 is 1.63 bits per heavy atom. The molecule has 0 aliphatic carbocycles. The smallest absolute Gasteiger partial charge is 0.174 e. The summed E-state index contributed by atoms with van der Waals surface area (Å²) in [5, 5.41) is 22.7. The molecule has 0 aromatic heterocycles. The van der Waals surface area contributed by atoms with Gasteiger partial charge in [0.2, 0.25) is 0 Å². The molecule has 0 saturated heterocycles. The maximum atomic E-state index is 9.52. The molecule has 3 rings (SSSR count). The summed E-state index contributed by atoms with van der Waals surface area (Å²) in [6.45, 7) is 0.395. The SMILES string of the molecule is N#CC(N=Cc1ccccc1)=C(C#N)NCc1ccccc1Sc1ccc(Cl)cc1. The number of aliphatic imine (C=N–C) groups is 1. The van der Waals surface area contributed by atoms with E-state index in [2.05, 4.69) is 10.3 Å². The molecule has 3 aromatic carbocycles. The van der Waals surface area contributed by atoms with Gasteiger partial charge in [-0.2, -0.15) is 10.5 Å². The molecular formula is C24H17ClN4S. The Morgan fingerprint density at radius 3 is 2.33 bits per heavy atom. The van der Waals surface area contributed by atoms with Crippen LogP contribution in [-0.4, -0.2) is 6.21 Å². The van der Waals surface area contributed by atoms with Crippen molar-refractivity contribution < 1.29 is 0 Å². The third-order valence-electron chi connectivity index (χ3n) is 4.07. The highest BCUT2D eigenvalue weighted by molar-refractivity contribution is 7.99. The third kappa shape index (κ3) is 5.99. The van der Waals surface area contributed by atoms with Crippen LogP contribution in [0.5, 0.6) is 0 Å². The summed E-state index contributed by atoms with van der Waals surface area (Å²) in [7, 11) is 0. The van der Waals surface area contributed by atoms with Crippen molar-refractivity contribution in [1.82, 2.24) is 5.32 Å². The molecule has 0 aliphatic heterocycles. The first kappa shape index (κ1) is 21.2. The number of hydrogen-bond donors (Lipinski definition) is 1. The van der Waals surface area contributed by atoms with Crippen LogP contribution >= 0.6 is 23.4 Å². The minimum Gasteiger partial charge on any atom is -0.370 e. The molecule has 0 heterocycles. The Morgan fingerprint density at radius 1 is 0.933 bits per heavy atom. The largest absolute Gasteiger partial charge is 0.370 e. The molecule has 0 amide bonds. The zero-order valence-corrected chi connectivity index (χ0v) is 17.5. The van der Waals surface area contributed by atoms with Crippen molar-refractivity contribution in [3.8, 4) is 12.1 Å². The third-order valence-corrected chi connectivity index (χ3v) is 5.44. The number of allylic oxidation sites excluding steroid dienone is 2. The normalized spacial score (nSPS) is 11.4. The van der Waals surface area contributed by atoms with Gasteiger partial charge in [0.25, 0.3) is 0 Å². The van der Waals surface area contributed by atoms with E-state index >= 15 is 0 Å². The number of halogens is 1. The monoisotopic (exact) mass is 428 g/mol. The molecular weight excluding hydrogens is 412 g/mol. The van der Waals surface area contributed by atoms with E-state index in [0.717, 1.165) is 20.9 Å². The van der Waals surface area contributed by atoms with Gasteiger partial charge >= 0.3 is 0 Å². The van der Waals surface area contributed by atoms with E-state index in [1.165, 1.54) is 0 Å². The molecule has 1 N–H and O–H groups in total. The number of nitriles is 2. The Labute approximate surface area is 185 Å². The molecule has 0 fully saturated rings. The van der Waals surface area contributed by atoms with Crippen molar-refractivity contribution in [2.24, 2.45) is 4.99 Å². The first-order chi connectivity index (χ1) is 14.7. The fourth-order valence-electron chi connectivity index (χ4n) is 2.57. The average Bonchev–Trinajstić information content (AvgIpc) is 2.79. The Balaban J connectivity index is 1.76. The van der Waals surface area contributed by atoms with E-state index in [0.29, 0.717) is 11.6 Å². The van der Waals surface area contributed by atoms with Gasteiger partial charge in [-0.1, -0.05) is 71.9 Å². The van der Waals surface area contributed by atoms with Crippen molar-refractivity contribution in [2.75, 3.05) is 0 Å². The quantitative estimate of drug-likeness (QED) is 0.372. The van der Waals surface area contributed by atoms with Crippen LogP contribution in [0.25, 0.3) is 0 Å². The van der Waals surface area contributed by atoms with E-state index in [1.54, 1.807) is 18.0 Å². The lowest BCUT2D eigenvalue weighted by Crippen LogP contribution is -2.14. The lowest BCUT2D eigenvalue weighted by Gasteiger charge is -2.11. The van der Waals surface area contributed by atoms with Crippen molar-refractivity contribution in [2.45, 2.75) is 16.3 Å². The first-order valence-electron chi connectivity index (χ1n) is 9.08. The zero-order valence-electron chi connectivity index (χ0n) is 15.9. The molecule has 3 aromatic rings. The molecule has 0 radical (unpaired) electrons. The molecule has 0 aliphatic rings. The van der Waals surface area contributed by atoms with Crippen LogP contribution in [0.3, 0.4) is 0 Å². The van der Waals surface area contributed by atoms with Crippen molar-refractivity contribution in [3.63, 3.8) is 0 Å². The first-order valence-corrected chi connectivity index (χ1v) is 10.3. The van der Waals surface area contributed by atoms with Gasteiger partial charge in [0.15, 0.2) is 11.4 Å². The number of benzene rings is 3. The van der Waals surface area contributed by atoms with Gasteiger partial charge in [-0.15, -0.1) is 0 Å². The fraction of sp³-hybridized carbons (Fsp3) is 0.0417. The van der Waals surface area contributed by atoms with Gasteiger partial charge in [-0.3, -0.25) is 0 Å². The topological polar surface area (TPSA) is 72.0 Å². The number of nitrogens with zero attached hydrogens (tertiary/aromatic N) is 3. The second-order valence-corrected chi connectivity index (χ2v) is 7.69. The predicted octanol–water partition coefficient (Wildman–Crippen LogP) is 5.96. The minimum atomic E-state index is 0.0455. The van der Waals surface area contributed by atoms with E-state index in [9.17, 15) is 10.5 Å². The van der Waals surface area contributed by atoms with Gasteiger partial charge in [-0.25, -0.2) is 4.99 Å². The van der Waals surface area contributed by atoms with Crippen molar-refractivity contribution in [1.29, 1.82) is 10.5 Å². The summed E-state index contributed by atoms with van der Waals surface area (Å²) in [5.74, 6) is 0. The maximum Gasteiger partial charge on any atom is 0.174 e. The molecule has 30 heavy (non-hydrogen) atoms. The highest BCUT2D eigenvalue weighted by Crippen LogP contribution is 2.31. The molecule has 0 bridgehead atoms. The second-order valence-electron chi connectivity index (χ2n) is 6.13. The number of hydrogen-bond acceptors (Lipinski definition) is 5. The van der Waals surface area contributed by atoms with Gasteiger partial charge < -0.3 is 5.32 Å². The van der Waals surface area contributed by atoms with Crippen LogP contribution in [0.15, 0.2) is 105 Å². The Bertz CT molecular complexity index is 1140. The van der Waals surface area contributed by atoms with E-state index in [-0.39, 0.29) is 11.4 Å². The standard InChI is InChI=1S/C24H17ClN4S/c25-20-10-12-21(13-11-20)30-24-9-5-4-8-19(24)17-29-23(15-27)22(14-26)28-16-18-6-2-1-3-7-18/h1-13,16,29H,17H2. The Kier molecular flexibility index (Phi) is 7.69. The predicted molar refractivity (Wildman–Crippen MR) is 121 cm³/mol. The van der Waals surface area contributed by atoms with Crippen molar-refractivity contribution in [3.05, 3.63) is 106 Å². The summed E-state index contributed by atoms with van der Waals surface area (Å²) >= 11 is 7.57. The van der Waals surface area contributed by atoms with Gasteiger partial charge in [0.1, 0.15) is 12.1 Å². The van der Waals surface area contributed by atoms with E-state index in [4.69, 9.17) is 11.6 Å². The second kappa shape index (κ2) is 10.9. The summed E-state index contributed by atoms with van der Waals surface area (Å²) in [5.41, 5.74) is 2.04. The molecule has 0 unspecified atom stereocenters. The molecule has 6 heteroatoms. The maximum absolute atomic E-state index is 9.52. The number of rotatable bonds is 7. The summed E-state index contributed by atoms with van der Waals surface area (Å²) in [4.78, 5) is 6.30. The molecule has 0 saturated carbocycles. The molecule has 0 atom stereocenters. The van der Waals surface area contributed by atoms with E-state index < -0.39 is 0 Å². The lowest BCUT2D eigenvalue weighted by atomic mass is 10.2. The summed E-state index contributed by atoms with van der Waals surface area (Å²) in [6, 6.07) is 29.0. The zero-order chi connectivity index (χ0) is 21.2. The molecule has 4 nitrogen and oxygen atoms in total. The van der Waals surface area contributed by atoms with Gasteiger partial charge in [0.05, 0.1) is 0 Å². The molecule has 0 spiro atoms. The van der Waals surface area contributed by atoms with Crippen LogP contribution in [0.4, 0.5) is 0 Å². The van der Waals surface area contributed by atoms with Crippen LogP contribution in [-0.2, 0) is 6.54 Å². The van der Waals surface area contributed by atoms with Crippen molar-refractivity contribution >= 4 is 29.6 Å². The number of nitrogens with one attached hydrogen (secondary N) is 1. The summed E-state index contributed by atoms with van der Waals surface area (Å²) < 4.78 is 0.